The van der Waals surface area contributed by atoms with Crippen molar-refractivity contribution < 1.29 is 43.7 Å². The highest BCUT2D eigenvalue weighted by molar-refractivity contribution is 6.31. The van der Waals surface area contributed by atoms with E-state index < -0.39 is 58.3 Å². The number of phenols is 1. The minimum atomic E-state index is -2.67. The van der Waals surface area contributed by atoms with Gasteiger partial charge in [-0.15, -0.1) is 0 Å². The number of Topliss-reactive ketones (excluding diaryl/α,β-unsaturated/α-hetero) is 4. The Labute approximate surface area is 235 Å². The van der Waals surface area contributed by atoms with Crippen LogP contribution in [0.2, 0.25) is 0 Å². The molecule has 0 spiro atoms. The van der Waals surface area contributed by atoms with Gasteiger partial charge >= 0.3 is 5.97 Å². The molecule has 41 heavy (non-hydrogen) atoms. The van der Waals surface area contributed by atoms with Crippen LogP contribution in [0.15, 0.2) is 36.4 Å². The molecule has 5 N–H and O–H groups in total. The van der Waals surface area contributed by atoms with Gasteiger partial charge in [0.1, 0.15) is 5.75 Å². The second-order valence-electron chi connectivity index (χ2n) is 10.8. The Morgan fingerprint density at radius 3 is 2.41 bits per heavy atom. The van der Waals surface area contributed by atoms with Gasteiger partial charge in [-0.25, -0.2) is 0 Å². The van der Waals surface area contributed by atoms with Crippen molar-refractivity contribution in [3.63, 3.8) is 0 Å². The molecule has 3 aliphatic rings. The molecule has 0 heterocycles. The highest BCUT2D eigenvalue weighted by Crippen LogP contribution is 2.51. The number of ether oxygens (including phenoxy) is 1. The van der Waals surface area contributed by atoms with Crippen molar-refractivity contribution in [1.82, 2.24) is 5.32 Å². The number of carbonyl (C=O) groups is 6. The lowest BCUT2D eigenvalue weighted by atomic mass is 9.53. The van der Waals surface area contributed by atoms with Gasteiger partial charge < -0.3 is 26.0 Å². The zero-order valence-corrected chi connectivity index (χ0v) is 22.3. The van der Waals surface area contributed by atoms with E-state index in [4.69, 9.17) is 10.5 Å². The number of esters is 1. The number of fused-ring (bicyclic) bond motifs is 3. The van der Waals surface area contributed by atoms with Crippen molar-refractivity contribution >= 4 is 35.0 Å². The van der Waals surface area contributed by atoms with Gasteiger partial charge in [-0.3, -0.25) is 28.8 Å². The lowest BCUT2D eigenvalue weighted by Crippen LogP contribution is -2.68. The SMILES string of the molecule is CCOC(=O)CNCc1ccc(-c2ccc(O)c3c2C[C@H]2C[C@H]4CC(=O)C(C(N)=O)C(=O)[C@@]4(O)C(=O)C2C3=O)cc1. The van der Waals surface area contributed by atoms with E-state index in [1.165, 1.54) is 6.07 Å². The van der Waals surface area contributed by atoms with Crippen molar-refractivity contribution in [3.8, 4) is 16.9 Å². The molecule has 3 aliphatic carbocycles. The van der Waals surface area contributed by atoms with Crippen LogP contribution in [0, 0.1) is 23.7 Å². The monoisotopic (exact) mass is 562 g/mol. The summed E-state index contributed by atoms with van der Waals surface area (Å²) in [7, 11) is 0. The van der Waals surface area contributed by atoms with Crippen LogP contribution in [0.5, 0.6) is 5.75 Å². The standard InChI is InChI=1S/C30H30N2O9/c1-2-41-22(35)13-32-12-14-3-5-15(6-4-14)18-7-8-20(33)24-19(18)10-16-9-17-11-21(34)25(29(31)39)28(38)30(17,40)27(37)23(16)26(24)36/h3-8,16-17,23,25,32-33,40H,2,9-13H2,1H3,(H2,31,39)/t16-,17+,23?,25?,30+/m1/s1. The number of benzene rings is 2. The van der Waals surface area contributed by atoms with Crippen LogP contribution in [0.4, 0.5) is 0 Å². The Morgan fingerprint density at radius 2 is 1.76 bits per heavy atom. The molecule has 2 unspecified atom stereocenters. The second-order valence-corrected chi connectivity index (χ2v) is 10.8. The minimum absolute atomic E-state index is 0.0290. The molecule has 2 aromatic rings. The summed E-state index contributed by atoms with van der Waals surface area (Å²) in [5.74, 6) is -10.8. The average molecular weight is 563 g/mol. The third-order valence-corrected chi connectivity index (χ3v) is 8.45. The molecule has 1 amide bonds. The van der Waals surface area contributed by atoms with Crippen LogP contribution in [-0.4, -0.2) is 64.0 Å². The summed E-state index contributed by atoms with van der Waals surface area (Å²) in [6.45, 7) is 2.53. The minimum Gasteiger partial charge on any atom is -0.507 e. The van der Waals surface area contributed by atoms with E-state index in [2.05, 4.69) is 5.32 Å². The number of rotatable bonds is 7. The highest BCUT2D eigenvalue weighted by Gasteiger charge is 2.66. The van der Waals surface area contributed by atoms with Crippen molar-refractivity contribution in [2.45, 2.75) is 38.3 Å². The number of phenolic OH excluding ortho intramolecular Hbond substituents is 1. The predicted molar refractivity (Wildman–Crippen MR) is 142 cm³/mol. The molecule has 5 rings (SSSR count). The molecular weight excluding hydrogens is 532 g/mol. The lowest BCUT2D eigenvalue weighted by Gasteiger charge is -2.48. The Morgan fingerprint density at radius 1 is 1.05 bits per heavy atom. The van der Waals surface area contributed by atoms with Crippen molar-refractivity contribution in [1.29, 1.82) is 0 Å². The van der Waals surface area contributed by atoms with E-state index in [9.17, 15) is 39.0 Å². The summed E-state index contributed by atoms with van der Waals surface area (Å²) in [6, 6.07) is 10.5. The maximum absolute atomic E-state index is 13.7. The first kappa shape index (κ1) is 28.3. The first-order valence-electron chi connectivity index (χ1n) is 13.5. The number of carbonyl (C=O) groups excluding carboxylic acids is 6. The Hall–Kier alpha value is -4.22. The fourth-order valence-electron chi connectivity index (χ4n) is 6.56. The smallest absolute Gasteiger partial charge is 0.319 e. The molecule has 0 aliphatic heterocycles. The van der Waals surface area contributed by atoms with E-state index in [1.807, 2.05) is 24.3 Å². The molecular formula is C30H30N2O9. The lowest BCUT2D eigenvalue weighted by molar-refractivity contribution is -0.175. The molecule has 0 bridgehead atoms. The molecule has 2 saturated carbocycles. The highest BCUT2D eigenvalue weighted by atomic mass is 16.5. The van der Waals surface area contributed by atoms with Crippen LogP contribution in [0.1, 0.15) is 41.3 Å². The number of amides is 1. The quantitative estimate of drug-likeness (QED) is 0.275. The van der Waals surface area contributed by atoms with E-state index in [0.717, 1.165) is 11.1 Å². The zero-order valence-electron chi connectivity index (χ0n) is 22.3. The molecule has 11 heteroatoms. The molecule has 5 atom stereocenters. The molecule has 2 fully saturated rings. The number of ketones is 4. The number of hydrogen-bond acceptors (Lipinski definition) is 10. The van der Waals surface area contributed by atoms with Crippen LogP contribution in [0.3, 0.4) is 0 Å². The predicted octanol–water partition coefficient (Wildman–Crippen LogP) is 0.647. The average Bonchev–Trinajstić information content (AvgIpc) is 2.91. The Bertz CT molecular complexity index is 1480. The number of aliphatic hydroxyl groups is 1. The summed E-state index contributed by atoms with van der Waals surface area (Å²) in [6.07, 6.45) is -0.163. The fraction of sp³-hybridized carbons (Fsp3) is 0.400. The normalized spacial score (nSPS) is 27.1. The number of nitrogens with two attached hydrogens (primary N) is 1. The Kier molecular flexibility index (Phi) is 7.35. The first-order chi connectivity index (χ1) is 19.5. The number of nitrogens with one attached hydrogen (secondary N) is 1. The van der Waals surface area contributed by atoms with Crippen molar-refractivity contribution in [2.24, 2.45) is 29.4 Å². The second kappa shape index (κ2) is 10.6. The van der Waals surface area contributed by atoms with Gasteiger partial charge in [-0.2, -0.15) is 0 Å². The molecule has 2 aromatic carbocycles. The molecule has 0 saturated heterocycles. The van der Waals surface area contributed by atoms with Gasteiger partial charge in [0.2, 0.25) is 5.91 Å². The topological polar surface area (TPSA) is 190 Å². The molecule has 11 nitrogen and oxygen atoms in total. The van der Waals surface area contributed by atoms with Crippen LogP contribution < -0.4 is 11.1 Å². The van der Waals surface area contributed by atoms with Gasteiger partial charge in [0.25, 0.3) is 0 Å². The molecule has 214 valence electrons. The number of primary amides is 1. The third-order valence-electron chi connectivity index (χ3n) is 8.45. The number of aromatic hydroxyl groups is 1. The van der Waals surface area contributed by atoms with E-state index in [-0.39, 0.29) is 43.1 Å². The molecule has 0 radical (unpaired) electrons. The number of hydrogen-bond donors (Lipinski definition) is 4. The van der Waals surface area contributed by atoms with Crippen LogP contribution in [-0.2, 0) is 41.7 Å². The van der Waals surface area contributed by atoms with Crippen LogP contribution in [0.25, 0.3) is 11.1 Å². The maximum atomic E-state index is 13.7. The molecule has 0 aromatic heterocycles. The summed E-state index contributed by atoms with van der Waals surface area (Å²) < 4.78 is 4.90. The summed E-state index contributed by atoms with van der Waals surface area (Å²) >= 11 is 0. The summed E-state index contributed by atoms with van der Waals surface area (Å²) in [5, 5.41) is 25.0. The van der Waals surface area contributed by atoms with Crippen LogP contribution >= 0.6 is 0 Å². The summed E-state index contributed by atoms with van der Waals surface area (Å²) in [5.41, 5.74) is 5.36. The van der Waals surface area contributed by atoms with Gasteiger partial charge in [0.05, 0.1) is 24.6 Å². The van der Waals surface area contributed by atoms with Gasteiger partial charge in [-0.1, -0.05) is 30.3 Å². The van der Waals surface area contributed by atoms with Crippen molar-refractivity contribution in [2.75, 3.05) is 13.2 Å². The van der Waals surface area contributed by atoms with E-state index in [1.54, 1.807) is 13.0 Å². The maximum Gasteiger partial charge on any atom is 0.319 e. The zero-order chi connectivity index (χ0) is 29.6. The van der Waals surface area contributed by atoms with E-state index >= 15 is 0 Å². The first-order valence-corrected chi connectivity index (χ1v) is 13.5. The largest absolute Gasteiger partial charge is 0.507 e. The summed E-state index contributed by atoms with van der Waals surface area (Å²) in [4.78, 5) is 76.3. The third kappa shape index (κ3) is 4.64. The fourth-order valence-corrected chi connectivity index (χ4v) is 6.56. The Balaban J connectivity index is 1.44. The van der Waals surface area contributed by atoms with Crippen molar-refractivity contribution in [3.05, 3.63) is 53.1 Å². The van der Waals surface area contributed by atoms with Gasteiger partial charge in [-0.05, 0) is 54.0 Å². The van der Waals surface area contributed by atoms with E-state index in [0.29, 0.717) is 24.3 Å². The van der Waals surface area contributed by atoms with Gasteiger partial charge in [0.15, 0.2) is 34.7 Å². The van der Waals surface area contributed by atoms with Gasteiger partial charge in [0, 0.05) is 18.9 Å².